The lowest BCUT2D eigenvalue weighted by Crippen LogP contribution is -2.38. The van der Waals surface area contributed by atoms with Crippen LogP contribution >= 0.6 is 0 Å². The van der Waals surface area contributed by atoms with E-state index in [2.05, 4.69) is 5.32 Å². The van der Waals surface area contributed by atoms with Gasteiger partial charge in [-0.25, -0.2) is 17.6 Å². The molecule has 1 amide bonds. The van der Waals surface area contributed by atoms with E-state index in [1.54, 1.807) is 6.92 Å². The van der Waals surface area contributed by atoms with Gasteiger partial charge in [0.2, 0.25) is 0 Å². The molecule has 120 valence electrons. The standard InChI is InChI=1S/C14H16FNO5S/c1-9-2-3-10(6-12(9)15)14(18)21-7-13(17)16-11-4-5-22(19,20)8-11/h2-3,6,11H,4-5,7-8H2,1H3,(H,16,17)/t11-/m0/s1. The second-order valence-corrected chi connectivity index (χ2v) is 7.44. The molecule has 8 heteroatoms. The fraction of sp³-hybridized carbons (Fsp3) is 0.429. The van der Waals surface area contributed by atoms with Gasteiger partial charge in [0, 0.05) is 6.04 Å². The van der Waals surface area contributed by atoms with Crippen LogP contribution in [-0.4, -0.2) is 44.4 Å². The number of ether oxygens (including phenoxy) is 1. The minimum atomic E-state index is -3.09. The number of halogens is 1. The van der Waals surface area contributed by atoms with Crippen LogP contribution < -0.4 is 5.32 Å². The number of hydrogen-bond donors (Lipinski definition) is 1. The van der Waals surface area contributed by atoms with Gasteiger partial charge < -0.3 is 10.1 Å². The summed E-state index contributed by atoms with van der Waals surface area (Å²) in [5, 5.41) is 2.49. The Morgan fingerprint density at radius 3 is 2.73 bits per heavy atom. The molecule has 22 heavy (non-hydrogen) atoms. The van der Waals surface area contributed by atoms with Crippen molar-refractivity contribution in [1.29, 1.82) is 0 Å². The van der Waals surface area contributed by atoms with Crippen molar-refractivity contribution in [2.75, 3.05) is 18.1 Å². The Bertz CT molecular complexity index is 701. The Hall–Kier alpha value is -1.96. The molecule has 0 radical (unpaired) electrons. The Balaban J connectivity index is 1.83. The molecule has 1 fully saturated rings. The van der Waals surface area contributed by atoms with Crippen molar-refractivity contribution in [3.8, 4) is 0 Å². The van der Waals surface area contributed by atoms with E-state index in [0.29, 0.717) is 12.0 Å². The molecule has 1 aromatic rings. The van der Waals surface area contributed by atoms with Crippen molar-refractivity contribution in [1.82, 2.24) is 5.32 Å². The summed E-state index contributed by atoms with van der Waals surface area (Å²) >= 11 is 0. The molecule has 0 aromatic heterocycles. The SMILES string of the molecule is Cc1ccc(C(=O)OCC(=O)N[C@H]2CCS(=O)(=O)C2)cc1F. The van der Waals surface area contributed by atoms with Crippen LogP contribution in [0.3, 0.4) is 0 Å². The molecule has 1 N–H and O–H groups in total. The third kappa shape index (κ3) is 4.27. The van der Waals surface area contributed by atoms with E-state index >= 15 is 0 Å². The zero-order chi connectivity index (χ0) is 16.3. The molecule has 1 aromatic carbocycles. The van der Waals surface area contributed by atoms with E-state index in [1.165, 1.54) is 12.1 Å². The Morgan fingerprint density at radius 2 is 2.14 bits per heavy atom. The predicted molar refractivity (Wildman–Crippen MR) is 76.6 cm³/mol. The normalized spacial score (nSPS) is 19.6. The number of sulfone groups is 1. The number of amides is 1. The van der Waals surface area contributed by atoms with Gasteiger partial charge in [0.25, 0.3) is 5.91 Å². The maximum atomic E-state index is 13.3. The molecule has 1 atom stereocenters. The fourth-order valence-corrected chi connectivity index (χ4v) is 3.79. The molecule has 0 aliphatic carbocycles. The summed E-state index contributed by atoms with van der Waals surface area (Å²) in [7, 11) is -3.09. The summed E-state index contributed by atoms with van der Waals surface area (Å²) in [6, 6.07) is 3.43. The monoisotopic (exact) mass is 329 g/mol. The predicted octanol–water partition coefficient (Wildman–Crippen LogP) is 0.594. The van der Waals surface area contributed by atoms with Gasteiger partial charge in [0.05, 0.1) is 17.1 Å². The molecule has 1 aliphatic heterocycles. The second kappa shape index (κ2) is 6.43. The topological polar surface area (TPSA) is 89.5 Å². The summed E-state index contributed by atoms with van der Waals surface area (Å²) in [4.78, 5) is 23.3. The molecule has 0 unspecified atom stereocenters. The Labute approximate surface area is 127 Å². The van der Waals surface area contributed by atoms with Crippen molar-refractivity contribution in [3.05, 3.63) is 35.1 Å². The summed E-state index contributed by atoms with van der Waals surface area (Å²) < 4.78 is 40.6. The number of aryl methyl sites for hydroxylation is 1. The average molecular weight is 329 g/mol. The van der Waals surface area contributed by atoms with Gasteiger partial charge in [-0.3, -0.25) is 4.79 Å². The molecule has 0 bridgehead atoms. The number of carbonyl (C=O) groups is 2. The molecule has 1 aliphatic rings. The average Bonchev–Trinajstić information content (AvgIpc) is 2.78. The van der Waals surface area contributed by atoms with Crippen LogP contribution in [0.15, 0.2) is 18.2 Å². The molecule has 0 spiro atoms. The van der Waals surface area contributed by atoms with Crippen LogP contribution in [0.25, 0.3) is 0 Å². The molecular formula is C14H16FNO5S. The lowest BCUT2D eigenvalue weighted by molar-refractivity contribution is -0.124. The van der Waals surface area contributed by atoms with Gasteiger partial charge in [0.1, 0.15) is 5.82 Å². The highest BCUT2D eigenvalue weighted by Gasteiger charge is 2.29. The van der Waals surface area contributed by atoms with Crippen molar-refractivity contribution < 1.29 is 27.1 Å². The van der Waals surface area contributed by atoms with Gasteiger partial charge in [-0.15, -0.1) is 0 Å². The highest BCUT2D eigenvalue weighted by Crippen LogP contribution is 2.12. The first-order valence-electron chi connectivity index (χ1n) is 6.70. The number of nitrogens with one attached hydrogen (secondary N) is 1. The fourth-order valence-electron chi connectivity index (χ4n) is 2.11. The summed E-state index contributed by atoms with van der Waals surface area (Å²) in [5.41, 5.74) is 0.413. The lowest BCUT2D eigenvalue weighted by atomic mass is 10.1. The van der Waals surface area contributed by atoms with Crippen molar-refractivity contribution in [2.45, 2.75) is 19.4 Å². The zero-order valence-corrected chi connectivity index (χ0v) is 12.8. The minimum Gasteiger partial charge on any atom is -0.452 e. The van der Waals surface area contributed by atoms with Gasteiger partial charge in [-0.05, 0) is 31.0 Å². The van der Waals surface area contributed by atoms with Gasteiger partial charge in [0.15, 0.2) is 16.4 Å². The van der Waals surface area contributed by atoms with E-state index < -0.39 is 40.2 Å². The highest BCUT2D eigenvalue weighted by molar-refractivity contribution is 7.91. The summed E-state index contributed by atoms with van der Waals surface area (Å²) in [5.74, 6) is -1.98. The van der Waals surface area contributed by atoms with Crippen LogP contribution in [0.1, 0.15) is 22.3 Å². The first kappa shape index (κ1) is 16.4. The number of carbonyl (C=O) groups excluding carboxylic acids is 2. The van der Waals surface area contributed by atoms with Crippen LogP contribution in [-0.2, 0) is 19.4 Å². The minimum absolute atomic E-state index is 0.0133. The third-order valence-corrected chi connectivity index (χ3v) is 5.11. The van der Waals surface area contributed by atoms with Crippen LogP contribution in [0.5, 0.6) is 0 Å². The maximum absolute atomic E-state index is 13.3. The molecule has 1 saturated heterocycles. The second-order valence-electron chi connectivity index (χ2n) is 5.21. The number of benzene rings is 1. The number of esters is 1. The lowest BCUT2D eigenvalue weighted by Gasteiger charge is -2.11. The van der Waals surface area contributed by atoms with Crippen LogP contribution in [0.2, 0.25) is 0 Å². The molecule has 2 rings (SSSR count). The van der Waals surface area contributed by atoms with Gasteiger partial charge in [-0.1, -0.05) is 6.07 Å². The molecule has 0 saturated carbocycles. The van der Waals surface area contributed by atoms with E-state index in [1.807, 2.05) is 0 Å². The summed E-state index contributed by atoms with van der Waals surface area (Å²) in [6.45, 7) is 1.03. The van der Waals surface area contributed by atoms with E-state index in [-0.39, 0.29) is 17.1 Å². The highest BCUT2D eigenvalue weighted by atomic mass is 32.2. The van der Waals surface area contributed by atoms with Crippen molar-refractivity contribution in [3.63, 3.8) is 0 Å². The maximum Gasteiger partial charge on any atom is 0.338 e. The number of rotatable bonds is 4. The largest absolute Gasteiger partial charge is 0.452 e. The van der Waals surface area contributed by atoms with Gasteiger partial charge in [-0.2, -0.15) is 0 Å². The van der Waals surface area contributed by atoms with E-state index in [0.717, 1.165) is 6.07 Å². The zero-order valence-electron chi connectivity index (χ0n) is 12.0. The van der Waals surface area contributed by atoms with E-state index in [4.69, 9.17) is 4.74 Å². The molecular weight excluding hydrogens is 313 g/mol. The Morgan fingerprint density at radius 1 is 1.41 bits per heavy atom. The Kier molecular flexibility index (Phi) is 4.80. The smallest absolute Gasteiger partial charge is 0.338 e. The quantitative estimate of drug-likeness (QED) is 0.817. The first-order valence-corrected chi connectivity index (χ1v) is 8.52. The summed E-state index contributed by atoms with van der Waals surface area (Å²) in [6.07, 6.45) is 0.352. The van der Waals surface area contributed by atoms with Crippen LogP contribution in [0, 0.1) is 12.7 Å². The molecule has 6 nitrogen and oxygen atoms in total. The van der Waals surface area contributed by atoms with Crippen molar-refractivity contribution >= 4 is 21.7 Å². The first-order chi connectivity index (χ1) is 10.3. The third-order valence-electron chi connectivity index (χ3n) is 3.34. The van der Waals surface area contributed by atoms with E-state index in [9.17, 15) is 22.4 Å². The van der Waals surface area contributed by atoms with Gasteiger partial charge >= 0.3 is 5.97 Å². The molecule has 1 heterocycles. The van der Waals surface area contributed by atoms with Crippen LogP contribution in [0.4, 0.5) is 4.39 Å². The van der Waals surface area contributed by atoms with Crippen molar-refractivity contribution in [2.24, 2.45) is 0 Å². The number of hydrogen-bond acceptors (Lipinski definition) is 5.